The topological polar surface area (TPSA) is 0 Å². The molecule has 0 radical (unpaired) electrons. The van der Waals surface area contributed by atoms with Crippen molar-refractivity contribution in [3.05, 3.63) is 109 Å². The van der Waals surface area contributed by atoms with Gasteiger partial charge in [-0.05, 0) is 17.8 Å². The van der Waals surface area contributed by atoms with Crippen molar-refractivity contribution in [1.29, 1.82) is 0 Å². The molecule has 2 heteroatoms. The van der Waals surface area contributed by atoms with E-state index < -0.39 is 0 Å². The van der Waals surface area contributed by atoms with Crippen LogP contribution in [0.1, 0.15) is 5.56 Å². The van der Waals surface area contributed by atoms with Crippen molar-refractivity contribution < 1.29 is 26.2 Å². The second kappa shape index (κ2) is 9.41. The molecular weight excluding hydrogens is 422 g/mol. The van der Waals surface area contributed by atoms with Gasteiger partial charge >= 0.3 is 26.2 Å². The van der Waals surface area contributed by atoms with E-state index in [4.69, 9.17) is 0 Å². The summed E-state index contributed by atoms with van der Waals surface area (Å²) in [4.78, 5) is 0. The monoisotopic (exact) mass is 442 g/mol. The van der Waals surface area contributed by atoms with Gasteiger partial charge in [0.15, 0.2) is 0 Å². The van der Waals surface area contributed by atoms with Gasteiger partial charge in [-0.25, -0.2) is 0 Å². The predicted molar refractivity (Wildman–Crippen MR) is 118 cm³/mol. The van der Waals surface area contributed by atoms with Gasteiger partial charge in [0.1, 0.15) is 0 Å². The first-order chi connectivity index (χ1) is 12.8. The summed E-state index contributed by atoms with van der Waals surface area (Å²) in [6, 6.07) is 36.5. The van der Waals surface area contributed by atoms with Crippen LogP contribution in [0.4, 0.5) is 0 Å². The number of hydrogen-bond donors (Lipinski definition) is 0. The minimum atomic E-state index is 0. The van der Waals surface area contributed by atoms with Crippen molar-refractivity contribution in [3.8, 4) is 0 Å². The summed E-state index contributed by atoms with van der Waals surface area (Å²) in [6.07, 6.45) is 0. The molecule has 0 N–H and O–H groups in total. The van der Waals surface area contributed by atoms with Crippen LogP contribution in [0, 0.1) is 6.92 Å². The molecule has 0 aliphatic heterocycles. The fourth-order valence-corrected chi connectivity index (χ4v) is 4.39. The molecule has 0 nitrogen and oxygen atoms in total. The van der Waals surface area contributed by atoms with E-state index in [-0.39, 0.29) is 26.2 Å². The van der Waals surface area contributed by atoms with Crippen LogP contribution < -0.4 is 10.6 Å². The Morgan fingerprint density at radius 3 is 2.11 bits per heavy atom. The molecule has 0 aliphatic rings. The molecule has 0 aromatic heterocycles. The molecule has 0 saturated heterocycles. The molecule has 0 spiro atoms. The standard InChI is InChI=1S/C16H14P.C9H7.Zr/c1-12-6-2-5-9-16(12)17-15-10-13-7-3-4-8-14(13)11-15;1-2-5-9-7-3-6-8(9)4-1;/h2-11,17H,1H3;1-7H;/q2*-1;+2. The summed E-state index contributed by atoms with van der Waals surface area (Å²) >= 11 is 0. The maximum Gasteiger partial charge on any atom is 2.00 e. The van der Waals surface area contributed by atoms with Gasteiger partial charge in [-0.15, -0.1) is 70.0 Å². The van der Waals surface area contributed by atoms with Crippen LogP contribution in [0.3, 0.4) is 0 Å². The summed E-state index contributed by atoms with van der Waals surface area (Å²) < 4.78 is 0. The molecule has 0 saturated carbocycles. The number of benzene rings is 3. The Morgan fingerprint density at radius 1 is 0.704 bits per heavy atom. The van der Waals surface area contributed by atoms with Crippen LogP contribution in [-0.4, -0.2) is 0 Å². The van der Waals surface area contributed by atoms with Crippen LogP contribution >= 0.6 is 8.58 Å². The van der Waals surface area contributed by atoms with Crippen molar-refractivity contribution >= 4 is 40.7 Å². The second-order valence-electron chi connectivity index (χ2n) is 6.47. The zero-order chi connectivity index (χ0) is 17.8. The van der Waals surface area contributed by atoms with E-state index in [9.17, 15) is 0 Å². The first kappa shape index (κ1) is 19.9. The molecule has 0 amide bonds. The Morgan fingerprint density at radius 2 is 1.37 bits per heavy atom. The van der Waals surface area contributed by atoms with E-state index in [0.717, 1.165) is 8.58 Å². The molecule has 5 rings (SSSR count). The summed E-state index contributed by atoms with van der Waals surface area (Å²) in [6.45, 7) is 2.19. The minimum Gasteiger partial charge on any atom is -0.168 e. The summed E-state index contributed by atoms with van der Waals surface area (Å²) in [5.74, 6) is 0. The first-order valence-corrected chi connectivity index (χ1v) is 9.88. The fraction of sp³-hybridized carbons (Fsp3) is 0.0400. The Kier molecular flexibility index (Phi) is 6.95. The number of hydrogen-bond acceptors (Lipinski definition) is 0. The second-order valence-corrected chi connectivity index (χ2v) is 7.83. The average Bonchev–Trinajstić information content (AvgIpc) is 3.30. The van der Waals surface area contributed by atoms with Gasteiger partial charge in [0.25, 0.3) is 0 Å². The minimum absolute atomic E-state index is 0. The molecule has 0 heterocycles. The maximum absolute atomic E-state index is 2.31. The van der Waals surface area contributed by atoms with E-state index in [1.54, 1.807) is 0 Å². The van der Waals surface area contributed by atoms with Crippen LogP contribution in [0.2, 0.25) is 0 Å². The van der Waals surface area contributed by atoms with Crippen molar-refractivity contribution in [1.82, 2.24) is 0 Å². The van der Waals surface area contributed by atoms with E-state index in [0.29, 0.717) is 0 Å². The molecule has 1 atom stereocenters. The predicted octanol–water partition coefficient (Wildman–Crippen LogP) is 6.05. The van der Waals surface area contributed by atoms with Crippen molar-refractivity contribution in [3.63, 3.8) is 0 Å². The number of rotatable bonds is 2. The Balaban J connectivity index is 0.000000178. The van der Waals surface area contributed by atoms with Crippen molar-refractivity contribution in [2.75, 3.05) is 0 Å². The van der Waals surface area contributed by atoms with Crippen LogP contribution in [0.5, 0.6) is 0 Å². The fourth-order valence-electron chi connectivity index (χ4n) is 3.16. The van der Waals surface area contributed by atoms with E-state index in [1.165, 1.54) is 37.7 Å². The largest absolute Gasteiger partial charge is 2.00 e. The molecular formula is C25H21PZr. The van der Waals surface area contributed by atoms with E-state index in [2.05, 4.69) is 110 Å². The molecule has 1 unspecified atom stereocenters. The van der Waals surface area contributed by atoms with Crippen molar-refractivity contribution in [2.24, 2.45) is 0 Å². The zero-order valence-electron chi connectivity index (χ0n) is 15.3. The summed E-state index contributed by atoms with van der Waals surface area (Å²) in [7, 11) is 0.759. The van der Waals surface area contributed by atoms with Gasteiger partial charge in [-0.1, -0.05) is 45.0 Å². The Hall–Kier alpha value is -1.81. The van der Waals surface area contributed by atoms with Gasteiger partial charge in [-0.3, -0.25) is 0 Å². The normalized spacial score (nSPS) is 10.7. The molecule has 5 aromatic rings. The smallest absolute Gasteiger partial charge is 0.168 e. The zero-order valence-corrected chi connectivity index (χ0v) is 18.8. The number of aryl methyl sites for hydroxylation is 1. The number of fused-ring (bicyclic) bond motifs is 2. The van der Waals surface area contributed by atoms with Gasteiger partial charge in [0.05, 0.1) is 0 Å². The quantitative estimate of drug-likeness (QED) is 0.230. The molecule has 0 fully saturated rings. The molecule has 0 aliphatic carbocycles. The molecule has 0 bridgehead atoms. The third-order valence-electron chi connectivity index (χ3n) is 4.59. The van der Waals surface area contributed by atoms with Gasteiger partial charge in [0.2, 0.25) is 0 Å². The Labute approximate surface area is 181 Å². The van der Waals surface area contributed by atoms with E-state index in [1.807, 2.05) is 0 Å². The SMILES string of the molecule is Cc1ccccc1Pc1cc2ccccc2[cH-]1.[Zr+2].c1ccc2[cH-]ccc2c1. The Bertz CT molecular complexity index is 1070. The van der Waals surface area contributed by atoms with Gasteiger partial charge < -0.3 is 0 Å². The summed E-state index contributed by atoms with van der Waals surface area (Å²) in [5, 5.41) is 8.24. The van der Waals surface area contributed by atoms with Gasteiger partial charge in [0, 0.05) is 0 Å². The van der Waals surface area contributed by atoms with E-state index >= 15 is 0 Å². The van der Waals surface area contributed by atoms with Gasteiger partial charge in [-0.2, -0.15) is 23.6 Å². The molecule has 5 aromatic carbocycles. The molecule has 130 valence electrons. The van der Waals surface area contributed by atoms with Crippen LogP contribution in [-0.2, 0) is 26.2 Å². The summed E-state index contributed by atoms with van der Waals surface area (Å²) in [5.41, 5.74) is 1.39. The maximum atomic E-state index is 2.31. The first-order valence-electron chi connectivity index (χ1n) is 8.88. The van der Waals surface area contributed by atoms with Crippen LogP contribution in [0.25, 0.3) is 21.5 Å². The molecule has 27 heavy (non-hydrogen) atoms. The third-order valence-corrected chi connectivity index (χ3v) is 6.00. The average molecular weight is 444 g/mol. The van der Waals surface area contributed by atoms with Crippen molar-refractivity contribution in [2.45, 2.75) is 6.92 Å². The van der Waals surface area contributed by atoms with Crippen LogP contribution in [0.15, 0.2) is 103 Å². The third kappa shape index (κ3) is 4.92.